The molecule has 0 saturated carbocycles. The topological polar surface area (TPSA) is 0 Å². The minimum absolute atomic E-state index is 0.312. The van der Waals surface area contributed by atoms with E-state index in [1.54, 1.807) is 5.90 Å². The first kappa shape index (κ1) is 12.9. The van der Waals surface area contributed by atoms with Gasteiger partial charge in [-0.3, -0.25) is 0 Å². The molecule has 0 amide bonds. The van der Waals surface area contributed by atoms with Crippen LogP contribution in [0.1, 0.15) is 48.0 Å². The lowest BCUT2D eigenvalue weighted by atomic mass is 10.3. The molecule has 0 N–H and O–H groups in total. The van der Waals surface area contributed by atoms with Crippen molar-refractivity contribution < 1.29 is 0 Å². The van der Waals surface area contributed by atoms with Crippen molar-refractivity contribution >= 4 is 15.8 Å². The Balaban J connectivity index is 2.61. The third-order valence-electron chi connectivity index (χ3n) is 3.09. The van der Waals surface area contributed by atoms with Gasteiger partial charge in [-0.25, -0.2) is 0 Å². The van der Waals surface area contributed by atoms with Gasteiger partial charge in [-0.1, -0.05) is 57.4 Å². The molecule has 1 saturated heterocycles. The molecule has 14 heavy (non-hydrogen) atoms. The normalized spacial score (nSPS) is 30.4. The maximum atomic E-state index is 2.44. The molecule has 84 valence electrons. The Hall–Kier alpha value is 0.860. The Morgan fingerprint density at radius 3 is 1.36 bits per heavy atom. The molecular weight excluding hydrogens is 206 g/mol. The van der Waals surface area contributed by atoms with E-state index < -0.39 is 0 Å². The molecule has 1 aliphatic heterocycles. The highest BCUT2D eigenvalue weighted by molar-refractivity contribution is 7.76. The second kappa shape index (κ2) is 4.39. The molecule has 0 aromatic heterocycles. The van der Waals surface area contributed by atoms with Crippen LogP contribution in [0.3, 0.4) is 0 Å². The van der Waals surface area contributed by atoms with E-state index in [-0.39, 0.29) is 0 Å². The number of hydrogen-bond donors (Lipinski definition) is 0. The van der Waals surface area contributed by atoms with E-state index in [0.29, 0.717) is 26.2 Å². The van der Waals surface area contributed by atoms with E-state index in [4.69, 9.17) is 0 Å². The summed E-state index contributed by atoms with van der Waals surface area (Å²) >= 11 is 0. The molecule has 0 aromatic rings. The molecule has 0 aliphatic carbocycles. The summed E-state index contributed by atoms with van der Waals surface area (Å²) in [6, 6.07) is 0. The van der Waals surface area contributed by atoms with Crippen molar-refractivity contribution in [3.63, 3.8) is 0 Å². The Kier molecular flexibility index (Phi) is 4.05. The zero-order valence-corrected chi connectivity index (χ0v) is 12.5. The smallest absolute Gasteiger partial charge is 0.0111 e. The van der Waals surface area contributed by atoms with Gasteiger partial charge in [0.15, 0.2) is 0 Å². The number of rotatable bonds is 0. The lowest BCUT2D eigenvalue weighted by Gasteiger charge is -2.43. The fraction of sp³-hybridized carbons (Fsp3) is 1.00. The van der Waals surface area contributed by atoms with Crippen LogP contribution in [0.4, 0.5) is 0 Å². The summed E-state index contributed by atoms with van der Waals surface area (Å²) in [7, 11) is 0.625. The van der Waals surface area contributed by atoms with E-state index in [1.165, 1.54) is 18.7 Å². The van der Waals surface area contributed by atoms with Crippen LogP contribution < -0.4 is 0 Å². The van der Waals surface area contributed by atoms with Crippen molar-refractivity contribution in [1.82, 2.24) is 0 Å². The summed E-state index contributed by atoms with van der Waals surface area (Å²) in [6.45, 7) is 14.7. The fourth-order valence-electron chi connectivity index (χ4n) is 1.90. The van der Waals surface area contributed by atoms with Crippen LogP contribution in [0.2, 0.25) is 0 Å². The second-order valence-corrected chi connectivity index (χ2v) is 13.2. The maximum absolute atomic E-state index is 2.44. The Bertz CT molecular complexity index is 165. The first-order valence-electron chi connectivity index (χ1n) is 5.71. The van der Waals surface area contributed by atoms with Crippen molar-refractivity contribution in [2.24, 2.45) is 0 Å². The van der Waals surface area contributed by atoms with Crippen molar-refractivity contribution in [2.75, 3.05) is 18.2 Å². The summed E-state index contributed by atoms with van der Waals surface area (Å²) in [5, 5.41) is 1.20. The Morgan fingerprint density at radius 2 is 1.07 bits per heavy atom. The van der Waals surface area contributed by atoms with Gasteiger partial charge in [0.05, 0.1) is 0 Å². The van der Waals surface area contributed by atoms with Crippen molar-refractivity contribution in [3.05, 3.63) is 0 Å². The highest BCUT2D eigenvalue weighted by Gasteiger charge is 2.34. The molecule has 0 bridgehead atoms. The van der Waals surface area contributed by atoms with Crippen molar-refractivity contribution in [3.8, 4) is 0 Å². The zero-order valence-electron chi connectivity index (χ0n) is 10.7. The molecule has 1 rings (SSSR count). The molecule has 0 radical (unpaired) electrons. The lowest BCUT2D eigenvalue weighted by molar-refractivity contribution is 0.761. The molecule has 1 aliphatic rings. The molecule has 1 heterocycles. The van der Waals surface area contributed by atoms with E-state index >= 15 is 0 Å². The van der Waals surface area contributed by atoms with Crippen LogP contribution in [0.15, 0.2) is 0 Å². The van der Waals surface area contributed by atoms with Crippen LogP contribution in [-0.4, -0.2) is 28.5 Å². The van der Waals surface area contributed by atoms with Gasteiger partial charge in [0.2, 0.25) is 0 Å². The molecule has 2 heteroatoms. The van der Waals surface area contributed by atoms with Gasteiger partial charge in [-0.15, -0.1) is 0 Å². The summed E-state index contributed by atoms with van der Waals surface area (Å²) in [4.78, 5) is 0. The molecule has 0 aromatic carbocycles. The third kappa shape index (κ3) is 3.46. The van der Waals surface area contributed by atoms with Crippen LogP contribution in [0, 0.1) is 0 Å². The quantitative estimate of drug-likeness (QED) is 0.521. The molecule has 1 fully saturated rings. The fourth-order valence-corrected chi connectivity index (χ4v) is 10.7. The van der Waals surface area contributed by atoms with Crippen LogP contribution >= 0.6 is 15.8 Å². The average molecular weight is 232 g/mol. The SMILES string of the molecule is CC(C)(C)P1CCCP(C(C)(C)C)C1. The largest absolute Gasteiger partial charge is 0.0967 e. The first-order valence-corrected chi connectivity index (χ1v) is 9.14. The van der Waals surface area contributed by atoms with Gasteiger partial charge < -0.3 is 0 Å². The van der Waals surface area contributed by atoms with E-state index in [2.05, 4.69) is 41.5 Å². The summed E-state index contributed by atoms with van der Waals surface area (Å²) < 4.78 is 0. The molecule has 2 unspecified atom stereocenters. The van der Waals surface area contributed by atoms with E-state index in [0.717, 1.165) is 0 Å². The minimum Gasteiger partial charge on any atom is -0.0967 e. The Morgan fingerprint density at radius 1 is 0.714 bits per heavy atom. The van der Waals surface area contributed by atoms with E-state index in [9.17, 15) is 0 Å². The molecule has 2 atom stereocenters. The van der Waals surface area contributed by atoms with Gasteiger partial charge in [0, 0.05) is 0 Å². The predicted molar refractivity (Wildman–Crippen MR) is 72.6 cm³/mol. The Labute approximate surface area is 92.7 Å². The second-order valence-electron chi connectivity index (χ2n) is 6.36. The average Bonchev–Trinajstić information content (AvgIpc) is 2.01. The molecular formula is C12H26P2. The van der Waals surface area contributed by atoms with Gasteiger partial charge in [-0.2, -0.15) is 0 Å². The van der Waals surface area contributed by atoms with Crippen LogP contribution in [0.5, 0.6) is 0 Å². The monoisotopic (exact) mass is 232 g/mol. The number of hydrogen-bond acceptors (Lipinski definition) is 0. The van der Waals surface area contributed by atoms with Crippen LogP contribution in [-0.2, 0) is 0 Å². The maximum Gasteiger partial charge on any atom is -0.0111 e. The minimum atomic E-state index is 0.312. The first-order chi connectivity index (χ1) is 6.21. The molecule has 0 nitrogen and oxygen atoms in total. The van der Waals surface area contributed by atoms with Gasteiger partial charge in [-0.05, 0) is 35.0 Å². The highest BCUT2D eigenvalue weighted by atomic mass is 31.2. The van der Waals surface area contributed by atoms with Gasteiger partial charge in [0.1, 0.15) is 0 Å². The van der Waals surface area contributed by atoms with Crippen LogP contribution in [0.25, 0.3) is 0 Å². The highest BCUT2D eigenvalue weighted by Crippen LogP contribution is 2.66. The third-order valence-corrected chi connectivity index (χ3v) is 11.3. The van der Waals surface area contributed by atoms with Crippen molar-refractivity contribution in [1.29, 1.82) is 0 Å². The van der Waals surface area contributed by atoms with Gasteiger partial charge in [0.25, 0.3) is 0 Å². The predicted octanol–water partition coefficient (Wildman–Crippen LogP) is 4.91. The zero-order chi connectivity index (χ0) is 11.0. The summed E-state index contributed by atoms with van der Waals surface area (Å²) in [5.74, 6) is 1.58. The lowest BCUT2D eigenvalue weighted by Crippen LogP contribution is -2.24. The van der Waals surface area contributed by atoms with E-state index in [1.807, 2.05) is 0 Å². The molecule has 0 spiro atoms. The van der Waals surface area contributed by atoms with Gasteiger partial charge >= 0.3 is 0 Å². The summed E-state index contributed by atoms with van der Waals surface area (Å²) in [6.07, 6.45) is 4.58. The summed E-state index contributed by atoms with van der Waals surface area (Å²) in [5.41, 5.74) is 0. The standard InChI is InChI=1S/C12H26P2/c1-11(2,3)13-8-7-9-14(10-13)12(4,5)6/h7-10H2,1-6H3. The van der Waals surface area contributed by atoms with Crippen molar-refractivity contribution in [2.45, 2.75) is 58.3 Å².